The van der Waals surface area contributed by atoms with E-state index in [1.807, 2.05) is 12.1 Å². The Bertz CT molecular complexity index is 335. The molecule has 1 aliphatic rings. The maximum absolute atomic E-state index is 13.3. The summed E-state index contributed by atoms with van der Waals surface area (Å²) in [6.07, 6.45) is 3.14. The van der Waals surface area contributed by atoms with Crippen molar-refractivity contribution in [3.63, 3.8) is 0 Å². The Kier molecular flexibility index (Phi) is 2.78. The highest BCUT2D eigenvalue weighted by Gasteiger charge is 2.24. The van der Waals surface area contributed by atoms with E-state index in [0.29, 0.717) is 11.5 Å². The minimum Gasteiger partial charge on any atom is -0.207 e. The molecular formula is C12H14ClF. The van der Waals surface area contributed by atoms with Gasteiger partial charge in [0.2, 0.25) is 0 Å². The van der Waals surface area contributed by atoms with Crippen LogP contribution in [0.1, 0.15) is 36.3 Å². The van der Waals surface area contributed by atoms with E-state index in [0.717, 1.165) is 24.8 Å². The normalized spacial score (nSPS) is 26.8. The van der Waals surface area contributed by atoms with Gasteiger partial charge in [-0.05, 0) is 49.3 Å². The van der Waals surface area contributed by atoms with E-state index in [2.05, 4.69) is 0 Å². The average Bonchev–Trinajstić information content (AvgIpc) is 2.57. The van der Waals surface area contributed by atoms with E-state index in [1.54, 1.807) is 13.0 Å². The second-order valence-corrected chi connectivity index (χ2v) is 4.73. The van der Waals surface area contributed by atoms with Gasteiger partial charge in [0.1, 0.15) is 5.82 Å². The molecule has 0 aromatic heterocycles. The number of aryl methyl sites for hydroxylation is 1. The highest BCUT2D eigenvalue weighted by atomic mass is 35.5. The Balaban J connectivity index is 2.20. The molecule has 14 heavy (non-hydrogen) atoms. The second kappa shape index (κ2) is 3.90. The van der Waals surface area contributed by atoms with Gasteiger partial charge in [-0.25, -0.2) is 4.39 Å². The summed E-state index contributed by atoms with van der Waals surface area (Å²) in [5.74, 6) is 0.369. The Hall–Kier alpha value is -0.560. The molecule has 0 radical (unpaired) electrons. The van der Waals surface area contributed by atoms with E-state index in [4.69, 9.17) is 11.6 Å². The van der Waals surface area contributed by atoms with Crippen LogP contribution >= 0.6 is 11.6 Å². The largest absolute Gasteiger partial charge is 0.207 e. The van der Waals surface area contributed by atoms with Crippen molar-refractivity contribution in [1.82, 2.24) is 0 Å². The third kappa shape index (κ3) is 1.93. The minimum absolute atomic E-state index is 0.0967. The van der Waals surface area contributed by atoms with Crippen LogP contribution in [0.25, 0.3) is 0 Å². The van der Waals surface area contributed by atoms with Crippen LogP contribution in [0.2, 0.25) is 0 Å². The third-order valence-corrected chi connectivity index (χ3v) is 3.43. The van der Waals surface area contributed by atoms with Crippen LogP contribution in [-0.2, 0) is 0 Å². The van der Waals surface area contributed by atoms with Crippen molar-refractivity contribution in [2.45, 2.75) is 37.5 Å². The van der Waals surface area contributed by atoms with Crippen molar-refractivity contribution >= 4 is 11.6 Å². The molecule has 2 heteroatoms. The molecule has 0 N–H and O–H groups in total. The molecule has 1 aromatic rings. The quantitative estimate of drug-likeness (QED) is 0.617. The molecule has 0 heterocycles. The molecule has 0 aliphatic heterocycles. The molecule has 0 spiro atoms. The van der Waals surface area contributed by atoms with E-state index in [9.17, 15) is 4.39 Å². The van der Waals surface area contributed by atoms with E-state index < -0.39 is 0 Å². The van der Waals surface area contributed by atoms with Crippen molar-refractivity contribution < 1.29 is 4.39 Å². The van der Waals surface area contributed by atoms with Gasteiger partial charge in [-0.3, -0.25) is 0 Å². The van der Waals surface area contributed by atoms with Gasteiger partial charge in [-0.2, -0.15) is 0 Å². The highest BCUT2D eigenvalue weighted by molar-refractivity contribution is 6.20. The number of alkyl halides is 1. The van der Waals surface area contributed by atoms with Crippen molar-refractivity contribution in [3.8, 4) is 0 Å². The standard InChI is InChI=1S/C12H14ClF/c1-8-2-3-10(7-12(8)14)9-4-5-11(13)6-9/h2-3,7,9,11H,4-6H2,1H3. The van der Waals surface area contributed by atoms with Crippen molar-refractivity contribution in [3.05, 3.63) is 35.1 Å². The van der Waals surface area contributed by atoms with Gasteiger partial charge < -0.3 is 0 Å². The lowest BCUT2D eigenvalue weighted by Gasteiger charge is -2.10. The Morgan fingerprint density at radius 2 is 2.14 bits per heavy atom. The lowest BCUT2D eigenvalue weighted by Crippen LogP contribution is -1.96. The summed E-state index contributed by atoms with van der Waals surface area (Å²) < 4.78 is 13.3. The molecule has 76 valence electrons. The van der Waals surface area contributed by atoms with Gasteiger partial charge in [-0.1, -0.05) is 12.1 Å². The first kappa shape index (κ1) is 9.97. The summed E-state index contributed by atoms with van der Waals surface area (Å²) in [6, 6.07) is 5.54. The lowest BCUT2D eigenvalue weighted by atomic mass is 9.97. The fraction of sp³-hybridized carbons (Fsp3) is 0.500. The van der Waals surface area contributed by atoms with Crippen molar-refractivity contribution in [2.24, 2.45) is 0 Å². The predicted octanol–water partition coefficient (Wildman–Crippen LogP) is 4.01. The fourth-order valence-corrected chi connectivity index (χ4v) is 2.43. The van der Waals surface area contributed by atoms with Crippen molar-refractivity contribution in [1.29, 1.82) is 0 Å². The molecule has 2 rings (SSSR count). The fourth-order valence-electron chi connectivity index (χ4n) is 2.09. The smallest absolute Gasteiger partial charge is 0.126 e. The van der Waals surface area contributed by atoms with Crippen molar-refractivity contribution in [2.75, 3.05) is 0 Å². The number of benzene rings is 1. The van der Waals surface area contributed by atoms with Gasteiger partial charge in [0.15, 0.2) is 0 Å². The first-order chi connectivity index (χ1) is 6.66. The zero-order chi connectivity index (χ0) is 10.1. The van der Waals surface area contributed by atoms with E-state index >= 15 is 0 Å². The first-order valence-corrected chi connectivity index (χ1v) is 5.50. The van der Waals surface area contributed by atoms with Gasteiger partial charge in [0, 0.05) is 5.38 Å². The molecule has 1 aliphatic carbocycles. The zero-order valence-corrected chi connectivity index (χ0v) is 9.02. The molecule has 0 amide bonds. The summed E-state index contributed by atoms with van der Waals surface area (Å²) in [7, 11) is 0. The summed E-state index contributed by atoms with van der Waals surface area (Å²) in [4.78, 5) is 0. The van der Waals surface area contributed by atoms with Crippen LogP contribution in [0.3, 0.4) is 0 Å². The van der Waals surface area contributed by atoms with E-state index in [1.165, 1.54) is 0 Å². The number of halogens is 2. The summed E-state index contributed by atoms with van der Waals surface area (Å²) in [5, 5.41) is 0.282. The highest BCUT2D eigenvalue weighted by Crippen LogP contribution is 2.37. The number of hydrogen-bond acceptors (Lipinski definition) is 0. The maximum Gasteiger partial charge on any atom is 0.126 e. The predicted molar refractivity (Wildman–Crippen MR) is 57.4 cm³/mol. The van der Waals surface area contributed by atoms with E-state index in [-0.39, 0.29) is 11.2 Å². The van der Waals surface area contributed by atoms with Gasteiger partial charge in [0.25, 0.3) is 0 Å². The molecule has 0 nitrogen and oxygen atoms in total. The molecular weight excluding hydrogens is 199 g/mol. The molecule has 2 unspecified atom stereocenters. The summed E-state index contributed by atoms with van der Waals surface area (Å²) in [5.41, 5.74) is 1.82. The average molecular weight is 213 g/mol. The Morgan fingerprint density at radius 3 is 2.71 bits per heavy atom. The monoisotopic (exact) mass is 212 g/mol. The van der Waals surface area contributed by atoms with Gasteiger partial charge in [-0.15, -0.1) is 11.6 Å². The van der Waals surface area contributed by atoms with Crippen LogP contribution in [-0.4, -0.2) is 5.38 Å². The van der Waals surface area contributed by atoms with Crippen LogP contribution in [0.4, 0.5) is 4.39 Å². The number of rotatable bonds is 1. The molecule has 1 fully saturated rings. The summed E-state index contributed by atoms with van der Waals surface area (Å²) in [6.45, 7) is 1.79. The van der Waals surface area contributed by atoms with Crippen LogP contribution in [0, 0.1) is 12.7 Å². The SMILES string of the molecule is Cc1ccc(C2CCC(Cl)C2)cc1F. The van der Waals surface area contributed by atoms with Gasteiger partial charge >= 0.3 is 0 Å². The first-order valence-electron chi connectivity index (χ1n) is 5.07. The lowest BCUT2D eigenvalue weighted by molar-refractivity contribution is 0.610. The minimum atomic E-state index is -0.0967. The van der Waals surface area contributed by atoms with Crippen LogP contribution in [0.15, 0.2) is 18.2 Å². The Morgan fingerprint density at radius 1 is 1.36 bits per heavy atom. The topological polar surface area (TPSA) is 0 Å². The number of hydrogen-bond donors (Lipinski definition) is 0. The molecule has 1 aromatic carbocycles. The second-order valence-electron chi connectivity index (χ2n) is 4.12. The Labute approximate surface area is 89.1 Å². The maximum atomic E-state index is 13.3. The van der Waals surface area contributed by atoms with Crippen LogP contribution < -0.4 is 0 Å². The third-order valence-electron chi connectivity index (χ3n) is 3.04. The summed E-state index contributed by atoms with van der Waals surface area (Å²) >= 11 is 6.03. The zero-order valence-electron chi connectivity index (χ0n) is 8.26. The molecule has 1 saturated carbocycles. The molecule has 0 bridgehead atoms. The molecule has 0 saturated heterocycles. The van der Waals surface area contributed by atoms with Gasteiger partial charge in [0.05, 0.1) is 0 Å². The molecule has 2 atom stereocenters. The van der Waals surface area contributed by atoms with Crippen LogP contribution in [0.5, 0.6) is 0 Å².